The molecule has 0 aromatic rings. The number of hydrogen-bond acceptors (Lipinski definition) is 1. The molecule has 1 nitrogen and oxygen atoms in total. The van der Waals surface area contributed by atoms with E-state index in [9.17, 15) is 4.39 Å². The van der Waals surface area contributed by atoms with E-state index in [2.05, 4.69) is 0 Å². The molecule has 2 heteroatoms. The molecule has 0 unspecified atom stereocenters. The zero-order chi connectivity index (χ0) is 11.6. The number of rotatable bonds is 3. The third-order valence-corrected chi connectivity index (χ3v) is 1.57. The standard InChI is InChI=1S/C10H15FO.C2H6/c1-4-9(5-2)6-7-10(11)8(3)12;1-2/h4,6-7,12H,5H2,1-3H3;1-2H3/b7-6-,9-4-,10-8-;. The molecule has 0 aromatic heterocycles. The Morgan fingerprint density at radius 1 is 1.29 bits per heavy atom. The summed E-state index contributed by atoms with van der Waals surface area (Å²) in [4.78, 5) is 0. The van der Waals surface area contributed by atoms with Crippen molar-refractivity contribution in [2.75, 3.05) is 0 Å². The molecule has 0 aliphatic rings. The van der Waals surface area contributed by atoms with Gasteiger partial charge in [-0.05, 0) is 26.3 Å². The van der Waals surface area contributed by atoms with Crippen molar-refractivity contribution < 1.29 is 9.50 Å². The molecule has 0 spiro atoms. The first kappa shape index (κ1) is 15.4. The number of halogens is 1. The molecule has 14 heavy (non-hydrogen) atoms. The van der Waals surface area contributed by atoms with Gasteiger partial charge in [-0.3, -0.25) is 0 Å². The van der Waals surface area contributed by atoms with Crippen LogP contribution in [0.4, 0.5) is 4.39 Å². The predicted octanol–water partition coefficient (Wildman–Crippen LogP) is 4.68. The Hall–Kier alpha value is -1.05. The predicted molar refractivity (Wildman–Crippen MR) is 61.0 cm³/mol. The van der Waals surface area contributed by atoms with E-state index in [4.69, 9.17) is 5.11 Å². The van der Waals surface area contributed by atoms with E-state index < -0.39 is 5.83 Å². The highest BCUT2D eigenvalue weighted by Crippen LogP contribution is 2.08. The van der Waals surface area contributed by atoms with Crippen molar-refractivity contribution in [3.8, 4) is 0 Å². The summed E-state index contributed by atoms with van der Waals surface area (Å²) in [5.74, 6) is -0.861. The largest absolute Gasteiger partial charge is 0.510 e. The van der Waals surface area contributed by atoms with Gasteiger partial charge in [0.05, 0.1) is 0 Å². The van der Waals surface area contributed by atoms with Crippen LogP contribution in [0.2, 0.25) is 0 Å². The van der Waals surface area contributed by atoms with Crippen molar-refractivity contribution >= 4 is 0 Å². The zero-order valence-electron chi connectivity index (χ0n) is 9.76. The fourth-order valence-electron chi connectivity index (χ4n) is 0.719. The van der Waals surface area contributed by atoms with Crippen LogP contribution in [0.25, 0.3) is 0 Å². The summed E-state index contributed by atoms with van der Waals surface area (Å²) >= 11 is 0. The summed E-state index contributed by atoms with van der Waals surface area (Å²) in [6, 6.07) is 0. The molecular formula is C12H21FO. The third-order valence-electron chi connectivity index (χ3n) is 1.57. The second-order valence-electron chi connectivity index (χ2n) is 2.48. The maximum absolute atomic E-state index is 12.7. The van der Waals surface area contributed by atoms with Gasteiger partial charge in [-0.25, -0.2) is 4.39 Å². The van der Waals surface area contributed by atoms with E-state index in [0.717, 1.165) is 12.0 Å². The normalized spacial score (nSPS) is 13.4. The Kier molecular flexibility index (Phi) is 11.1. The highest BCUT2D eigenvalue weighted by atomic mass is 19.1. The highest BCUT2D eigenvalue weighted by molar-refractivity contribution is 5.24. The first-order chi connectivity index (χ1) is 6.61. The minimum absolute atomic E-state index is 0.280. The first-order valence-electron chi connectivity index (χ1n) is 5.00. The van der Waals surface area contributed by atoms with E-state index in [1.54, 1.807) is 6.08 Å². The molecule has 82 valence electrons. The number of hydrogen-bond donors (Lipinski definition) is 1. The fraction of sp³-hybridized carbons (Fsp3) is 0.500. The minimum atomic E-state index is -0.581. The van der Waals surface area contributed by atoms with Gasteiger partial charge in [0.2, 0.25) is 0 Å². The van der Waals surface area contributed by atoms with Crippen LogP contribution in [-0.2, 0) is 0 Å². The molecule has 0 amide bonds. The summed E-state index contributed by atoms with van der Waals surface area (Å²) in [5, 5.41) is 8.71. The zero-order valence-corrected chi connectivity index (χ0v) is 9.76. The summed E-state index contributed by atoms with van der Waals surface area (Å²) in [5.41, 5.74) is 1.05. The highest BCUT2D eigenvalue weighted by Gasteiger charge is 1.93. The lowest BCUT2D eigenvalue weighted by Crippen LogP contribution is -1.77. The van der Waals surface area contributed by atoms with Crippen molar-refractivity contribution in [3.63, 3.8) is 0 Å². The molecule has 0 fully saturated rings. The lowest BCUT2D eigenvalue weighted by molar-refractivity contribution is 0.388. The van der Waals surface area contributed by atoms with Gasteiger partial charge in [0.25, 0.3) is 0 Å². The van der Waals surface area contributed by atoms with Crippen LogP contribution >= 0.6 is 0 Å². The van der Waals surface area contributed by atoms with Crippen LogP contribution in [0.15, 0.2) is 35.4 Å². The second kappa shape index (κ2) is 10.0. The molecule has 0 saturated carbocycles. The number of allylic oxidation sites excluding steroid dienone is 6. The van der Waals surface area contributed by atoms with Crippen molar-refractivity contribution in [1.29, 1.82) is 0 Å². The van der Waals surface area contributed by atoms with E-state index in [1.165, 1.54) is 13.0 Å². The Morgan fingerprint density at radius 3 is 2.07 bits per heavy atom. The summed E-state index contributed by atoms with van der Waals surface area (Å²) < 4.78 is 12.7. The Labute approximate surface area is 86.7 Å². The summed E-state index contributed by atoms with van der Waals surface area (Å²) in [7, 11) is 0. The number of aliphatic hydroxyl groups is 1. The van der Waals surface area contributed by atoms with Gasteiger partial charge in [-0.2, -0.15) is 0 Å². The van der Waals surface area contributed by atoms with E-state index >= 15 is 0 Å². The summed E-state index contributed by atoms with van der Waals surface area (Å²) in [6.45, 7) is 9.21. The van der Waals surface area contributed by atoms with Crippen molar-refractivity contribution in [2.24, 2.45) is 0 Å². The Bertz CT molecular complexity index is 220. The van der Waals surface area contributed by atoms with Crippen LogP contribution in [-0.4, -0.2) is 5.11 Å². The van der Waals surface area contributed by atoms with E-state index in [-0.39, 0.29) is 5.76 Å². The molecule has 1 N–H and O–H groups in total. The number of aliphatic hydroxyl groups excluding tert-OH is 1. The van der Waals surface area contributed by atoms with Crippen molar-refractivity contribution in [2.45, 2.75) is 41.0 Å². The average Bonchev–Trinajstić information content (AvgIpc) is 2.22. The molecule has 0 saturated heterocycles. The molecule has 0 heterocycles. The van der Waals surface area contributed by atoms with E-state index in [1.807, 2.05) is 33.8 Å². The van der Waals surface area contributed by atoms with Gasteiger partial charge in [-0.1, -0.05) is 38.5 Å². The van der Waals surface area contributed by atoms with Gasteiger partial charge in [-0.15, -0.1) is 0 Å². The van der Waals surface area contributed by atoms with Gasteiger partial charge < -0.3 is 5.11 Å². The minimum Gasteiger partial charge on any atom is -0.510 e. The van der Waals surface area contributed by atoms with Crippen LogP contribution in [0.3, 0.4) is 0 Å². The van der Waals surface area contributed by atoms with Crippen LogP contribution in [0.5, 0.6) is 0 Å². The average molecular weight is 200 g/mol. The lowest BCUT2D eigenvalue weighted by atomic mass is 10.2. The van der Waals surface area contributed by atoms with Crippen molar-refractivity contribution in [1.82, 2.24) is 0 Å². The van der Waals surface area contributed by atoms with Gasteiger partial charge in [0, 0.05) is 0 Å². The molecule has 0 rings (SSSR count). The summed E-state index contributed by atoms with van der Waals surface area (Å²) in [6.07, 6.45) is 5.71. The van der Waals surface area contributed by atoms with Crippen LogP contribution in [0.1, 0.15) is 41.0 Å². The smallest absolute Gasteiger partial charge is 0.160 e. The lowest BCUT2D eigenvalue weighted by Gasteiger charge is -1.94. The quantitative estimate of drug-likeness (QED) is 0.518. The van der Waals surface area contributed by atoms with Gasteiger partial charge >= 0.3 is 0 Å². The fourth-order valence-corrected chi connectivity index (χ4v) is 0.719. The molecule has 0 aliphatic carbocycles. The molecule has 0 radical (unpaired) electrons. The van der Waals surface area contributed by atoms with Gasteiger partial charge in [0.15, 0.2) is 5.83 Å². The molecule has 0 bridgehead atoms. The third kappa shape index (κ3) is 7.59. The second-order valence-corrected chi connectivity index (χ2v) is 2.48. The first-order valence-corrected chi connectivity index (χ1v) is 5.00. The van der Waals surface area contributed by atoms with Gasteiger partial charge in [0.1, 0.15) is 5.76 Å². The van der Waals surface area contributed by atoms with Crippen molar-refractivity contribution in [3.05, 3.63) is 35.4 Å². The molecule has 0 aromatic carbocycles. The van der Waals surface area contributed by atoms with Crippen LogP contribution in [0, 0.1) is 0 Å². The van der Waals surface area contributed by atoms with E-state index in [0.29, 0.717) is 0 Å². The molecule has 0 aliphatic heterocycles. The maximum atomic E-state index is 12.7. The SMILES string of the molecule is CC.C\C=C(/C=C\C(F)=C(/C)O)CC. The topological polar surface area (TPSA) is 20.2 Å². The molecular weight excluding hydrogens is 179 g/mol. The Morgan fingerprint density at radius 2 is 1.79 bits per heavy atom. The Balaban J connectivity index is 0. The maximum Gasteiger partial charge on any atom is 0.160 e. The van der Waals surface area contributed by atoms with Crippen LogP contribution < -0.4 is 0 Å². The monoisotopic (exact) mass is 200 g/mol. The molecule has 0 atom stereocenters.